The number of amides is 1. The van der Waals surface area contributed by atoms with Gasteiger partial charge in [-0.3, -0.25) is 4.79 Å². The van der Waals surface area contributed by atoms with Crippen molar-refractivity contribution in [1.82, 2.24) is 9.62 Å². The van der Waals surface area contributed by atoms with Crippen LogP contribution in [0.4, 0.5) is 4.39 Å². The first-order valence-electron chi connectivity index (χ1n) is 8.99. The van der Waals surface area contributed by atoms with E-state index >= 15 is 0 Å². The lowest BCUT2D eigenvalue weighted by Crippen LogP contribution is -2.35. The molecule has 0 aromatic heterocycles. The first kappa shape index (κ1) is 20.6. The number of nitrogens with one attached hydrogen (secondary N) is 1. The van der Waals surface area contributed by atoms with E-state index in [1.54, 1.807) is 12.1 Å². The number of sulfonamides is 1. The molecule has 0 atom stereocenters. The Hall–Kier alpha value is -1.73. The van der Waals surface area contributed by atoms with Crippen molar-refractivity contribution in [3.63, 3.8) is 0 Å². The van der Waals surface area contributed by atoms with Gasteiger partial charge in [-0.05, 0) is 49.8 Å². The van der Waals surface area contributed by atoms with Crippen molar-refractivity contribution in [3.8, 4) is 0 Å². The van der Waals surface area contributed by atoms with Crippen LogP contribution < -0.4 is 5.32 Å². The summed E-state index contributed by atoms with van der Waals surface area (Å²) < 4.78 is 38.2. The number of carbonyl (C=O) groups excluding carboxylic acids is 1. The van der Waals surface area contributed by atoms with Crippen molar-refractivity contribution in [3.05, 3.63) is 47.3 Å². The van der Waals surface area contributed by atoms with Gasteiger partial charge in [0.25, 0.3) is 0 Å². The summed E-state index contributed by atoms with van der Waals surface area (Å²) in [5.74, 6) is -0.545. The Morgan fingerprint density at radius 3 is 2.54 bits per heavy atom. The molecular weight excluding hydrogens is 355 g/mol. The molecule has 0 aliphatic heterocycles. The molecule has 2 rings (SSSR count). The lowest BCUT2D eigenvalue weighted by atomic mass is 9.97. The predicted molar refractivity (Wildman–Crippen MR) is 100 cm³/mol. The van der Waals surface area contributed by atoms with E-state index in [9.17, 15) is 17.6 Å². The molecule has 1 amide bonds. The van der Waals surface area contributed by atoms with Crippen LogP contribution in [-0.2, 0) is 21.4 Å². The molecule has 0 unspecified atom stereocenters. The van der Waals surface area contributed by atoms with Gasteiger partial charge in [0, 0.05) is 26.1 Å². The number of rotatable bonds is 9. The fraction of sp³-hybridized carbons (Fsp3) is 0.526. The third-order valence-electron chi connectivity index (χ3n) is 4.53. The van der Waals surface area contributed by atoms with E-state index in [0.717, 1.165) is 31.2 Å². The average molecular weight is 383 g/mol. The molecule has 26 heavy (non-hydrogen) atoms. The van der Waals surface area contributed by atoms with Gasteiger partial charge in [0.2, 0.25) is 15.9 Å². The van der Waals surface area contributed by atoms with Crippen LogP contribution in [0.1, 0.15) is 44.1 Å². The highest BCUT2D eigenvalue weighted by atomic mass is 32.2. The van der Waals surface area contributed by atoms with Gasteiger partial charge in [0.1, 0.15) is 5.82 Å². The molecule has 144 valence electrons. The van der Waals surface area contributed by atoms with E-state index in [1.165, 1.54) is 34.7 Å². The number of halogens is 1. The van der Waals surface area contributed by atoms with E-state index in [4.69, 9.17) is 0 Å². The molecule has 1 N–H and O–H groups in total. The van der Waals surface area contributed by atoms with Crippen molar-refractivity contribution < 1.29 is 17.6 Å². The number of nitrogens with zero attached hydrogens (tertiary/aromatic N) is 1. The Morgan fingerprint density at radius 1 is 1.19 bits per heavy atom. The number of hydrogen-bond donors (Lipinski definition) is 1. The summed E-state index contributed by atoms with van der Waals surface area (Å²) in [4.78, 5) is 12.0. The zero-order valence-corrected chi connectivity index (χ0v) is 16.0. The summed E-state index contributed by atoms with van der Waals surface area (Å²) in [6.07, 6.45) is 8.69. The summed E-state index contributed by atoms with van der Waals surface area (Å²) >= 11 is 0. The maximum atomic E-state index is 12.9. The number of carbonyl (C=O) groups is 1. The van der Waals surface area contributed by atoms with Crippen LogP contribution in [0.25, 0.3) is 0 Å². The van der Waals surface area contributed by atoms with Gasteiger partial charge in [-0.2, -0.15) is 0 Å². The van der Waals surface area contributed by atoms with Gasteiger partial charge in [0.05, 0.1) is 6.26 Å². The Kier molecular flexibility index (Phi) is 7.78. The molecular formula is C19H27FN2O3S. The second-order valence-electron chi connectivity index (χ2n) is 6.67. The fourth-order valence-corrected chi connectivity index (χ4v) is 3.81. The average Bonchev–Trinajstić information content (AvgIpc) is 2.61. The van der Waals surface area contributed by atoms with Crippen molar-refractivity contribution in [2.75, 3.05) is 19.3 Å². The van der Waals surface area contributed by atoms with Crippen molar-refractivity contribution in [2.24, 2.45) is 0 Å². The van der Waals surface area contributed by atoms with Crippen LogP contribution >= 0.6 is 0 Å². The Balaban J connectivity index is 1.79. The predicted octanol–water partition coefficient (Wildman–Crippen LogP) is 2.98. The van der Waals surface area contributed by atoms with Gasteiger partial charge in [-0.15, -0.1) is 0 Å². The summed E-state index contributed by atoms with van der Waals surface area (Å²) in [6, 6.07) is 5.90. The molecule has 1 aromatic carbocycles. The third kappa shape index (κ3) is 7.25. The second-order valence-corrected chi connectivity index (χ2v) is 8.66. The van der Waals surface area contributed by atoms with Crippen molar-refractivity contribution in [1.29, 1.82) is 0 Å². The first-order valence-corrected chi connectivity index (χ1v) is 10.8. The first-order chi connectivity index (χ1) is 12.3. The molecule has 1 aromatic rings. The molecule has 0 saturated heterocycles. The molecule has 1 aliphatic carbocycles. The normalized spacial score (nSPS) is 15.0. The van der Waals surface area contributed by atoms with E-state index in [0.29, 0.717) is 13.1 Å². The van der Waals surface area contributed by atoms with Crippen LogP contribution in [0.2, 0.25) is 0 Å². The molecule has 0 heterocycles. The van der Waals surface area contributed by atoms with Crippen LogP contribution in [0, 0.1) is 5.82 Å². The zero-order valence-electron chi connectivity index (χ0n) is 15.2. The summed E-state index contributed by atoms with van der Waals surface area (Å²) in [5, 5.41) is 2.74. The van der Waals surface area contributed by atoms with E-state index in [2.05, 4.69) is 11.4 Å². The van der Waals surface area contributed by atoms with Gasteiger partial charge in [-0.25, -0.2) is 17.1 Å². The summed E-state index contributed by atoms with van der Waals surface area (Å²) in [5.41, 5.74) is 2.11. The molecule has 5 nitrogen and oxygen atoms in total. The summed E-state index contributed by atoms with van der Waals surface area (Å²) in [7, 11) is -3.35. The van der Waals surface area contributed by atoms with E-state index in [1.807, 2.05) is 0 Å². The molecule has 0 saturated carbocycles. The Bertz CT molecular complexity index is 730. The molecule has 0 bridgehead atoms. The van der Waals surface area contributed by atoms with Gasteiger partial charge in [-0.1, -0.05) is 23.8 Å². The fourth-order valence-electron chi connectivity index (χ4n) is 2.96. The van der Waals surface area contributed by atoms with Crippen LogP contribution in [0.15, 0.2) is 35.9 Å². The highest BCUT2D eigenvalue weighted by Crippen LogP contribution is 2.20. The number of allylic oxidation sites excluding steroid dienone is 1. The SMILES string of the molecule is CS(=O)(=O)N(CCC(=O)NCc1ccc(F)cc1)CCC1=CCCCC1. The molecule has 0 fully saturated rings. The largest absolute Gasteiger partial charge is 0.352 e. The topological polar surface area (TPSA) is 66.5 Å². The van der Waals surface area contributed by atoms with Crippen molar-refractivity contribution in [2.45, 2.75) is 45.1 Å². The minimum atomic E-state index is -3.35. The van der Waals surface area contributed by atoms with Crippen LogP contribution in [0.5, 0.6) is 0 Å². The zero-order chi connectivity index (χ0) is 19.0. The molecule has 0 radical (unpaired) electrons. The third-order valence-corrected chi connectivity index (χ3v) is 5.83. The van der Waals surface area contributed by atoms with Crippen LogP contribution in [0.3, 0.4) is 0 Å². The Morgan fingerprint density at radius 2 is 1.92 bits per heavy atom. The van der Waals surface area contributed by atoms with E-state index < -0.39 is 10.0 Å². The van der Waals surface area contributed by atoms with Crippen LogP contribution in [-0.4, -0.2) is 38.0 Å². The molecule has 1 aliphatic rings. The quantitative estimate of drug-likeness (QED) is 0.668. The minimum Gasteiger partial charge on any atom is -0.352 e. The van der Waals surface area contributed by atoms with Gasteiger partial charge >= 0.3 is 0 Å². The van der Waals surface area contributed by atoms with E-state index in [-0.39, 0.29) is 24.7 Å². The minimum absolute atomic E-state index is 0.104. The van der Waals surface area contributed by atoms with Gasteiger partial charge < -0.3 is 5.32 Å². The lowest BCUT2D eigenvalue weighted by molar-refractivity contribution is -0.121. The lowest BCUT2D eigenvalue weighted by Gasteiger charge is -2.21. The monoisotopic (exact) mass is 382 g/mol. The van der Waals surface area contributed by atoms with Gasteiger partial charge in [0.15, 0.2) is 0 Å². The smallest absolute Gasteiger partial charge is 0.221 e. The number of benzene rings is 1. The maximum Gasteiger partial charge on any atom is 0.221 e. The number of hydrogen-bond acceptors (Lipinski definition) is 3. The summed E-state index contributed by atoms with van der Waals surface area (Å²) in [6.45, 7) is 0.877. The highest BCUT2D eigenvalue weighted by Gasteiger charge is 2.18. The maximum absolute atomic E-state index is 12.9. The molecule has 0 spiro atoms. The van der Waals surface area contributed by atoms with Crippen molar-refractivity contribution >= 4 is 15.9 Å². The molecule has 7 heteroatoms. The Labute approximate surface area is 155 Å². The second kappa shape index (κ2) is 9.83. The highest BCUT2D eigenvalue weighted by molar-refractivity contribution is 7.88. The standard InChI is InChI=1S/C19H27FN2O3S/c1-26(24,25)22(13-11-16-5-3-2-4-6-16)14-12-19(23)21-15-17-7-9-18(20)10-8-17/h5,7-10H,2-4,6,11-15H2,1H3,(H,21,23).